The summed E-state index contributed by atoms with van der Waals surface area (Å²) < 4.78 is 10.2. The lowest BCUT2D eigenvalue weighted by atomic mass is 10.2. The fourth-order valence-electron chi connectivity index (χ4n) is 1.58. The Bertz CT molecular complexity index is 493. The third-order valence-electron chi connectivity index (χ3n) is 2.30. The number of hydrogen-bond donors (Lipinski definition) is 2. The molecule has 7 heteroatoms. The van der Waals surface area contributed by atoms with E-state index in [1.807, 2.05) is 0 Å². The van der Waals surface area contributed by atoms with Gasteiger partial charge in [0, 0.05) is 12.6 Å². The SMILES string of the molecule is COc1ccc(NC(C)=O)cc1NC(C)OC(=O)CCl. The Hall–Kier alpha value is -1.95. The summed E-state index contributed by atoms with van der Waals surface area (Å²) in [6.45, 7) is 3.08. The zero-order valence-electron chi connectivity index (χ0n) is 11.5. The number of nitrogens with one attached hydrogen (secondary N) is 2. The zero-order valence-corrected chi connectivity index (χ0v) is 12.3. The van der Waals surface area contributed by atoms with E-state index < -0.39 is 12.2 Å². The monoisotopic (exact) mass is 300 g/mol. The molecule has 0 radical (unpaired) electrons. The van der Waals surface area contributed by atoms with Crippen LogP contribution in [0.1, 0.15) is 13.8 Å². The molecule has 0 aromatic heterocycles. The molecule has 1 unspecified atom stereocenters. The summed E-state index contributed by atoms with van der Waals surface area (Å²) >= 11 is 5.37. The van der Waals surface area contributed by atoms with Gasteiger partial charge < -0.3 is 20.1 Å². The third kappa shape index (κ3) is 4.97. The van der Waals surface area contributed by atoms with Crippen molar-refractivity contribution in [2.24, 2.45) is 0 Å². The molecule has 0 saturated carbocycles. The minimum Gasteiger partial charge on any atom is -0.495 e. The van der Waals surface area contributed by atoms with Gasteiger partial charge in [-0.3, -0.25) is 9.59 Å². The summed E-state index contributed by atoms with van der Waals surface area (Å²) in [5.41, 5.74) is 1.20. The smallest absolute Gasteiger partial charge is 0.322 e. The van der Waals surface area contributed by atoms with Crippen LogP contribution in [0.15, 0.2) is 18.2 Å². The third-order valence-corrected chi connectivity index (χ3v) is 2.51. The van der Waals surface area contributed by atoms with Crippen molar-refractivity contribution in [1.29, 1.82) is 0 Å². The van der Waals surface area contributed by atoms with Gasteiger partial charge in [-0.25, -0.2) is 0 Å². The highest BCUT2D eigenvalue weighted by molar-refractivity contribution is 6.26. The zero-order chi connectivity index (χ0) is 15.1. The van der Waals surface area contributed by atoms with Crippen molar-refractivity contribution < 1.29 is 19.1 Å². The highest BCUT2D eigenvalue weighted by atomic mass is 35.5. The van der Waals surface area contributed by atoms with Gasteiger partial charge in [0.2, 0.25) is 5.91 Å². The maximum atomic E-state index is 11.1. The van der Waals surface area contributed by atoms with E-state index >= 15 is 0 Å². The van der Waals surface area contributed by atoms with Gasteiger partial charge >= 0.3 is 5.97 Å². The first-order chi connectivity index (χ1) is 9.46. The van der Waals surface area contributed by atoms with Crippen LogP contribution in [0, 0.1) is 0 Å². The van der Waals surface area contributed by atoms with Crippen molar-refractivity contribution in [2.45, 2.75) is 20.1 Å². The van der Waals surface area contributed by atoms with Gasteiger partial charge in [0.15, 0.2) is 6.23 Å². The number of alkyl halides is 1. The van der Waals surface area contributed by atoms with Gasteiger partial charge in [-0.1, -0.05) is 0 Å². The molecule has 0 aliphatic rings. The van der Waals surface area contributed by atoms with Crippen LogP contribution in [-0.4, -0.2) is 31.1 Å². The minimum absolute atomic E-state index is 0.178. The number of ether oxygens (including phenoxy) is 2. The molecule has 1 aromatic rings. The second-order valence-corrected chi connectivity index (χ2v) is 4.27. The van der Waals surface area contributed by atoms with Crippen LogP contribution in [0.2, 0.25) is 0 Å². The van der Waals surface area contributed by atoms with Crippen molar-refractivity contribution in [2.75, 3.05) is 23.6 Å². The Morgan fingerprint density at radius 1 is 1.40 bits per heavy atom. The molecular formula is C13H17ClN2O4. The number of halogens is 1. The van der Waals surface area contributed by atoms with E-state index in [-0.39, 0.29) is 11.8 Å². The molecule has 0 heterocycles. The molecule has 1 amide bonds. The number of rotatable bonds is 6. The van der Waals surface area contributed by atoms with E-state index in [0.717, 1.165) is 0 Å². The first kappa shape index (κ1) is 16.1. The number of methoxy groups -OCH3 is 1. The van der Waals surface area contributed by atoms with Crippen LogP contribution < -0.4 is 15.4 Å². The summed E-state index contributed by atoms with van der Waals surface area (Å²) in [5, 5.41) is 5.62. The second-order valence-electron chi connectivity index (χ2n) is 4.01. The predicted molar refractivity (Wildman–Crippen MR) is 77.2 cm³/mol. The fourth-order valence-corrected chi connectivity index (χ4v) is 1.64. The van der Waals surface area contributed by atoms with Gasteiger partial charge in [-0.05, 0) is 25.1 Å². The van der Waals surface area contributed by atoms with Crippen molar-refractivity contribution in [3.05, 3.63) is 18.2 Å². The van der Waals surface area contributed by atoms with Gasteiger partial charge in [0.25, 0.3) is 0 Å². The summed E-state index contributed by atoms with van der Waals surface area (Å²) in [4.78, 5) is 22.1. The quantitative estimate of drug-likeness (QED) is 0.478. The number of carbonyl (C=O) groups is 2. The van der Waals surface area contributed by atoms with Gasteiger partial charge in [-0.2, -0.15) is 0 Å². The highest BCUT2D eigenvalue weighted by Crippen LogP contribution is 2.28. The number of benzene rings is 1. The van der Waals surface area contributed by atoms with E-state index in [2.05, 4.69) is 10.6 Å². The molecule has 1 aromatic carbocycles. The molecule has 1 atom stereocenters. The molecule has 6 nitrogen and oxygen atoms in total. The molecule has 110 valence electrons. The maximum absolute atomic E-state index is 11.1. The normalized spacial score (nSPS) is 11.4. The van der Waals surface area contributed by atoms with Crippen LogP contribution in [-0.2, 0) is 14.3 Å². The second kappa shape index (κ2) is 7.59. The molecule has 1 rings (SSSR count). The average Bonchev–Trinajstić information content (AvgIpc) is 2.38. The molecule has 20 heavy (non-hydrogen) atoms. The Balaban J connectivity index is 2.84. The van der Waals surface area contributed by atoms with Crippen LogP contribution in [0.25, 0.3) is 0 Å². The molecular weight excluding hydrogens is 284 g/mol. The Morgan fingerprint density at radius 3 is 2.65 bits per heavy atom. The molecule has 2 N–H and O–H groups in total. The summed E-state index contributed by atoms with van der Waals surface area (Å²) in [6, 6.07) is 5.09. The van der Waals surface area contributed by atoms with Crippen LogP contribution >= 0.6 is 11.6 Å². The van der Waals surface area contributed by atoms with Crippen LogP contribution in [0.3, 0.4) is 0 Å². The van der Waals surface area contributed by atoms with Crippen molar-refractivity contribution >= 4 is 34.9 Å². The summed E-state index contributed by atoms with van der Waals surface area (Å²) in [6.07, 6.45) is -0.581. The fraction of sp³-hybridized carbons (Fsp3) is 0.385. The number of carbonyl (C=O) groups excluding carboxylic acids is 2. The predicted octanol–water partition coefficient (Wildman–Crippen LogP) is 2.19. The lowest BCUT2D eigenvalue weighted by Gasteiger charge is -2.18. The van der Waals surface area contributed by atoms with Crippen molar-refractivity contribution in [3.63, 3.8) is 0 Å². The number of hydrogen-bond acceptors (Lipinski definition) is 5. The topological polar surface area (TPSA) is 76.7 Å². The number of anilines is 2. The molecule has 0 bridgehead atoms. The first-order valence-corrected chi connectivity index (χ1v) is 6.47. The highest BCUT2D eigenvalue weighted by Gasteiger charge is 2.11. The van der Waals surface area contributed by atoms with E-state index in [1.165, 1.54) is 14.0 Å². The number of amides is 1. The summed E-state index contributed by atoms with van der Waals surface area (Å²) in [5.74, 6) is -0.353. The standard InChI is InChI=1S/C13H17ClN2O4/c1-8(17)15-10-4-5-12(19-3)11(6-10)16-9(2)20-13(18)7-14/h4-6,9,16H,7H2,1-3H3,(H,15,17). The van der Waals surface area contributed by atoms with E-state index in [9.17, 15) is 9.59 Å². The summed E-state index contributed by atoms with van der Waals surface area (Å²) in [7, 11) is 1.52. The molecule has 0 fully saturated rings. The Kier molecular flexibility index (Phi) is 6.11. The molecule has 0 saturated heterocycles. The molecule has 0 aliphatic carbocycles. The van der Waals surface area contributed by atoms with Crippen LogP contribution in [0.5, 0.6) is 5.75 Å². The average molecular weight is 301 g/mol. The van der Waals surface area contributed by atoms with Gasteiger partial charge in [0.05, 0.1) is 12.8 Å². The minimum atomic E-state index is -0.581. The largest absolute Gasteiger partial charge is 0.495 e. The van der Waals surface area contributed by atoms with Crippen LogP contribution in [0.4, 0.5) is 11.4 Å². The lowest BCUT2D eigenvalue weighted by molar-refractivity contribution is -0.143. The Labute approximate surface area is 122 Å². The van der Waals surface area contributed by atoms with Crippen molar-refractivity contribution in [1.82, 2.24) is 0 Å². The van der Waals surface area contributed by atoms with E-state index in [0.29, 0.717) is 17.1 Å². The molecule has 0 aliphatic heterocycles. The van der Waals surface area contributed by atoms with E-state index in [4.69, 9.17) is 21.1 Å². The number of esters is 1. The maximum Gasteiger partial charge on any atom is 0.322 e. The van der Waals surface area contributed by atoms with Crippen molar-refractivity contribution in [3.8, 4) is 5.75 Å². The lowest BCUT2D eigenvalue weighted by Crippen LogP contribution is -2.24. The molecule has 0 spiro atoms. The Morgan fingerprint density at radius 2 is 2.10 bits per heavy atom. The van der Waals surface area contributed by atoms with Gasteiger partial charge in [0.1, 0.15) is 11.6 Å². The van der Waals surface area contributed by atoms with E-state index in [1.54, 1.807) is 25.1 Å². The van der Waals surface area contributed by atoms with Gasteiger partial charge in [-0.15, -0.1) is 11.6 Å². The first-order valence-electron chi connectivity index (χ1n) is 5.94.